The van der Waals surface area contributed by atoms with E-state index in [4.69, 9.17) is 16.0 Å². The molecule has 3 aromatic rings. The van der Waals surface area contributed by atoms with Crippen molar-refractivity contribution < 1.29 is 30.8 Å². The van der Waals surface area contributed by atoms with Crippen molar-refractivity contribution in [2.45, 2.75) is 36.5 Å². The van der Waals surface area contributed by atoms with Crippen LogP contribution in [0, 0.1) is 0 Å². The molecule has 9 nitrogen and oxygen atoms in total. The van der Waals surface area contributed by atoms with Crippen molar-refractivity contribution >= 4 is 38.6 Å². The van der Waals surface area contributed by atoms with Crippen molar-refractivity contribution in [3.05, 3.63) is 63.6 Å². The maximum Gasteiger partial charge on any atom is 0.420 e. The lowest BCUT2D eigenvalue weighted by Crippen LogP contribution is -2.60. The number of sulfonamides is 1. The van der Waals surface area contributed by atoms with E-state index in [-0.39, 0.29) is 31.8 Å². The third-order valence-corrected chi connectivity index (χ3v) is 9.25. The molecule has 0 N–H and O–H groups in total. The predicted octanol–water partition coefficient (Wildman–Crippen LogP) is 3.26. The molecule has 2 fully saturated rings. The minimum Gasteiger partial charge on any atom is -0.408 e. The Balaban J connectivity index is 1.40. The van der Waals surface area contributed by atoms with E-state index in [1.807, 2.05) is 0 Å². The van der Waals surface area contributed by atoms with Gasteiger partial charge in [-0.15, -0.1) is 0 Å². The van der Waals surface area contributed by atoms with Gasteiger partial charge in [0.1, 0.15) is 6.54 Å². The lowest BCUT2D eigenvalue weighted by atomic mass is 10.1. The first-order valence-corrected chi connectivity index (χ1v) is 14.2. The number of amides is 1. The topological polar surface area (TPSA) is 96.1 Å². The number of fused-ring (bicyclic) bond motifs is 1. The van der Waals surface area contributed by atoms with E-state index in [2.05, 4.69) is 4.90 Å². The van der Waals surface area contributed by atoms with Crippen LogP contribution in [0.4, 0.5) is 13.2 Å². The standard InChI is InChI=1S/C25H26ClF3N4O5S/c26-18-6-7-22-21(13-18)33(24(35)38-22)16-23(34)32-11-10-31(15-19(32)14-30-8-1-2-9-30)39(36,37)20-5-3-4-17(12-20)25(27,28)29/h3-7,12-13,19H,1-2,8-11,14-16H2. The molecule has 1 aromatic heterocycles. The fourth-order valence-electron chi connectivity index (χ4n) is 5.19. The number of oxazole rings is 1. The highest BCUT2D eigenvalue weighted by atomic mass is 35.5. The number of hydrogen-bond donors (Lipinski definition) is 0. The van der Waals surface area contributed by atoms with Gasteiger partial charge in [0, 0.05) is 31.2 Å². The molecule has 1 unspecified atom stereocenters. The number of carbonyl (C=O) groups is 1. The van der Waals surface area contributed by atoms with Crippen LogP contribution in [-0.2, 0) is 27.5 Å². The van der Waals surface area contributed by atoms with Gasteiger partial charge in [-0.05, 0) is 62.3 Å². The predicted molar refractivity (Wildman–Crippen MR) is 137 cm³/mol. The molecule has 39 heavy (non-hydrogen) atoms. The SMILES string of the molecule is O=C(Cn1c(=O)oc2ccc(Cl)cc21)N1CCN(S(=O)(=O)c2cccc(C(F)(F)F)c2)CC1CN1CCCC1. The van der Waals surface area contributed by atoms with Crippen LogP contribution in [0.3, 0.4) is 0 Å². The second kappa shape index (κ2) is 10.6. The van der Waals surface area contributed by atoms with E-state index >= 15 is 0 Å². The molecule has 2 aliphatic rings. The normalized spacial score (nSPS) is 19.7. The molecule has 5 rings (SSSR count). The maximum absolute atomic E-state index is 13.5. The van der Waals surface area contributed by atoms with Crippen molar-refractivity contribution in [2.24, 2.45) is 0 Å². The van der Waals surface area contributed by atoms with E-state index < -0.39 is 44.4 Å². The van der Waals surface area contributed by atoms with Gasteiger partial charge in [-0.1, -0.05) is 17.7 Å². The first-order valence-electron chi connectivity index (χ1n) is 12.4. The van der Waals surface area contributed by atoms with Crippen molar-refractivity contribution in [1.29, 1.82) is 0 Å². The van der Waals surface area contributed by atoms with Gasteiger partial charge in [0.15, 0.2) is 5.58 Å². The minimum absolute atomic E-state index is 0.0147. The second-order valence-corrected chi connectivity index (χ2v) is 12.1. The Bertz CT molecular complexity index is 1550. The zero-order valence-electron chi connectivity index (χ0n) is 20.7. The first-order chi connectivity index (χ1) is 18.4. The summed E-state index contributed by atoms with van der Waals surface area (Å²) >= 11 is 6.06. The van der Waals surface area contributed by atoms with Gasteiger partial charge in [-0.3, -0.25) is 9.36 Å². The number of nitrogens with zero attached hydrogens (tertiary/aromatic N) is 4. The van der Waals surface area contributed by atoms with Crippen LogP contribution >= 0.6 is 11.6 Å². The molecule has 14 heteroatoms. The Kier molecular flexibility index (Phi) is 7.53. The average molecular weight is 587 g/mol. The van der Waals surface area contributed by atoms with Crippen molar-refractivity contribution in [1.82, 2.24) is 18.7 Å². The highest BCUT2D eigenvalue weighted by molar-refractivity contribution is 7.89. The number of carbonyl (C=O) groups excluding carboxylic acids is 1. The van der Waals surface area contributed by atoms with Crippen LogP contribution in [0.2, 0.25) is 5.02 Å². The number of halogens is 4. The van der Waals surface area contributed by atoms with E-state index in [1.54, 1.807) is 11.0 Å². The maximum atomic E-state index is 13.5. The number of rotatable bonds is 6. The minimum atomic E-state index is -4.69. The van der Waals surface area contributed by atoms with Gasteiger partial charge in [-0.2, -0.15) is 17.5 Å². The summed E-state index contributed by atoms with van der Waals surface area (Å²) in [5.41, 5.74) is -0.408. The Labute approximate surface area is 227 Å². The first kappa shape index (κ1) is 27.7. The largest absolute Gasteiger partial charge is 0.420 e. The highest BCUT2D eigenvalue weighted by Crippen LogP contribution is 2.32. The average Bonchev–Trinajstić information content (AvgIpc) is 3.51. The number of likely N-dealkylation sites (tertiary alicyclic amines) is 1. The molecule has 0 saturated carbocycles. The van der Waals surface area contributed by atoms with Gasteiger partial charge in [0.2, 0.25) is 15.9 Å². The summed E-state index contributed by atoms with van der Waals surface area (Å²) in [6.07, 6.45) is -2.73. The molecule has 3 heterocycles. The fraction of sp³-hybridized carbons (Fsp3) is 0.440. The van der Waals surface area contributed by atoms with Gasteiger partial charge in [-0.25, -0.2) is 13.2 Å². The van der Waals surface area contributed by atoms with Crippen molar-refractivity contribution in [2.75, 3.05) is 39.3 Å². The smallest absolute Gasteiger partial charge is 0.408 e. The molecule has 0 bridgehead atoms. The van der Waals surface area contributed by atoms with Crippen molar-refractivity contribution in [3.63, 3.8) is 0 Å². The molecular formula is C25H26ClF3N4O5S. The van der Waals surface area contributed by atoms with Gasteiger partial charge in [0.25, 0.3) is 0 Å². The van der Waals surface area contributed by atoms with Crippen LogP contribution in [0.5, 0.6) is 0 Å². The number of hydrogen-bond acceptors (Lipinski definition) is 6. The molecule has 0 radical (unpaired) electrons. The van der Waals surface area contributed by atoms with Gasteiger partial charge >= 0.3 is 11.9 Å². The van der Waals surface area contributed by atoms with E-state index in [1.165, 1.54) is 16.7 Å². The lowest BCUT2D eigenvalue weighted by Gasteiger charge is -2.42. The summed E-state index contributed by atoms with van der Waals surface area (Å²) in [7, 11) is -4.26. The summed E-state index contributed by atoms with van der Waals surface area (Å²) < 4.78 is 74.0. The molecule has 2 aromatic carbocycles. The number of benzene rings is 2. The Hall–Kier alpha value is -2.87. The van der Waals surface area contributed by atoms with Gasteiger partial charge in [0.05, 0.1) is 22.0 Å². The van der Waals surface area contributed by atoms with Crippen LogP contribution in [0.15, 0.2) is 56.6 Å². The summed E-state index contributed by atoms with van der Waals surface area (Å²) in [6.45, 7) is 1.48. The zero-order chi connectivity index (χ0) is 27.9. The molecule has 2 aliphatic heterocycles. The van der Waals surface area contributed by atoms with Crippen LogP contribution in [-0.4, -0.2) is 78.3 Å². The molecule has 2 saturated heterocycles. The fourth-order valence-corrected chi connectivity index (χ4v) is 6.87. The summed E-state index contributed by atoms with van der Waals surface area (Å²) in [6, 6.07) is 7.71. The van der Waals surface area contributed by atoms with Crippen LogP contribution in [0.25, 0.3) is 11.1 Å². The van der Waals surface area contributed by atoms with Crippen LogP contribution in [0.1, 0.15) is 18.4 Å². The molecule has 1 amide bonds. The second-order valence-electron chi connectivity index (χ2n) is 9.70. The number of piperazine rings is 1. The summed E-state index contributed by atoms with van der Waals surface area (Å²) in [4.78, 5) is 29.2. The molecular weight excluding hydrogens is 561 g/mol. The van der Waals surface area contributed by atoms with Crippen molar-refractivity contribution in [3.8, 4) is 0 Å². The third-order valence-electron chi connectivity index (χ3n) is 7.16. The zero-order valence-corrected chi connectivity index (χ0v) is 22.3. The van der Waals surface area contributed by atoms with E-state index in [0.29, 0.717) is 23.2 Å². The summed E-state index contributed by atoms with van der Waals surface area (Å²) in [5.74, 6) is -1.12. The van der Waals surface area contributed by atoms with Crippen LogP contribution < -0.4 is 5.76 Å². The molecule has 0 aliphatic carbocycles. The molecule has 1 atom stereocenters. The quantitative estimate of drug-likeness (QED) is 0.440. The monoisotopic (exact) mass is 586 g/mol. The number of aromatic nitrogens is 1. The third kappa shape index (κ3) is 5.72. The lowest BCUT2D eigenvalue weighted by molar-refractivity contribution is -0.138. The van der Waals surface area contributed by atoms with E-state index in [9.17, 15) is 31.2 Å². The highest BCUT2D eigenvalue weighted by Gasteiger charge is 2.39. The number of alkyl halides is 3. The molecule has 0 spiro atoms. The Morgan fingerprint density at radius 1 is 1.05 bits per heavy atom. The Morgan fingerprint density at radius 2 is 1.79 bits per heavy atom. The summed E-state index contributed by atoms with van der Waals surface area (Å²) in [5, 5.41) is 0.366. The van der Waals surface area contributed by atoms with E-state index in [0.717, 1.165) is 48.4 Å². The molecule has 210 valence electrons. The Morgan fingerprint density at radius 3 is 2.51 bits per heavy atom. The van der Waals surface area contributed by atoms with Gasteiger partial charge < -0.3 is 14.2 Å².